The molecule has 0 aromatic heterocycles. The number of hydrogen-bond acceptors (Lipinski definition) is 5. The Labute approximate surface area is 204 Å². The highest BCUT2D eigenvalue weighted by atomic mass is 127. The molecule has 1 aromatic carbocycles. The second-order valence-corrected chi connectivity index (χ2v) is 8.01. The zero-order chi connectivity index (χ0) is 21.2. The molecule has 2 aliphatic rings. The summed E-state index contributed by atoms with van der Waals surface area (Å²) in [6.45, 7) is 10.5. The van der Waals surface area contributed by atoms with Crippen LogP contribution in [0.1, 0.15) is 26.2 Å². The smallest absolute Gasteiger partial charge is 0.309 e. The van der Waals surface area contributed by atoms with Gasteiger partial charge in [0.2, 0.25) is 0 Å². The number of anilines is 1. The maximum atomic E-state index is 11.9. The molecule has 0 saturated carbocycles. The Morgan fingerprint density at radius 3 is 2.39 bits per heavy atom. The molecule has 1 aromatic rings. The number of carbonyl (C=O) groups excluding carboxylic acids is 1. The fourth-order valence-electron chi connectivity index (χ4n) is 4.29. The van der Waals surface area contributed by atoms with Gasteiger partial charge in [-0.05, 0) is 44.9 Å². The molecule has 0 aliphatic carbocycles. The minimum Gasteiger partial charge on any atom is -0.466 e. The third-order valence-corrected chi connectivity index (χ3v) is 6.05. The molecule has 0 radical (unpaired) electrons. The Morgan fingerprint density at radius 2 is 1.77 bits per heavy atom. The first-order valence-corrected chi connectivity index (χ1v) is 11.4. The molecular formula is C23H38IN5O2. The summed E-state index contributed by atoms with van der Waals surface area (Å²) >= 11 is 0. The van der Waals surface area contributed by atoms with E-state index in [1.165, 1.54) is 5.69 Å². The molecule has 2 fully saturated rings. The lowest BCUT2D eigenvalue weighted by Gasteiger charge is -2.36. The van der Waals surface area contributed by atoms with Crippen molar-refractivity contribution in [2.75, 3.05) is 70.9 Å². The molecule has 0 unspecified atom stereocenters. The van der Waals surface area contributed by atoms with Gasteiger partial charge in [-0.3, -0.25) is 14.7 Å². The van der Waals surface area contributed by atoms with Crippen LogP contribution in [-0.4, -0.2) is 87.7 Å². The van der Waals surface area contributed by atoms with Crippen molar-refractivity contribution in [3.05, 3.63) is 30.3 Å². The van der Waals surface area contributed by atoms with Gasteiger partial charge in [-0.1, -0.05) is 18.2 Å². The molecular weight excluding hydrogens is 505 g/mol. The maximum Gasteiger partial charge on any atom is 0.309 e. The van der Waals surface area contributed by atoms with Gasteiger partial charge in [0, 0.05) is 58.5 Å². The van der Waals surface area contributed by atoms with Gasteiger partial charge >= 0.3 is 5.97 Å². The molecule has 1 N–H and O–H groups in total. The summed E-state index contributed by atoms with van der Waals surface area (Å²) in [5.74, 6) is 0.938. The molecule has 2 heterocycles. The van der Waals surface area contributed by atoms with Gasteiger partial charge < -0.3 is 19.9 Å². The van der Waals surface area contributed by atoms with E-state index >= 15 is 0 Å². The molecule has 174 valence electrons. The van der Waals surface area contributed by atoms with E-state index in [1.807, 2.05) is 14.0 Å². The zero-order valence-corrected chi connectivity index (χ0v) is 21.3. The number of piperazine rings is 1. The summed E-state index contributed by atoms with van der Waals surface area (Å²) in [5, 5.41) is 3.51. The van der Waals surface area contributed by atoms with Crippen LogP contribution in [0, 0.1) is 5.92 Å². The van der Waals surface area contributed by atoms with Crippen molar-refractivity contribution in [2.24, 2.45) is 10.9 Å². The number of aliphatic imine (C=N–C) groups is 1. The van der Waals surface area contributed by atoms with Crippen LogP contribution in [0.3, 0.4) is 0 Å². The largest absolute Gasteiger partial charge is 0.466 e. The highest BCUT2D eigenvalue weighted by Crippen LogP contribution is 2.19. The van der Waals surface area contributed by atoms with Crippen LogP contribution in [0.25, 0.3) is 0 Å². The molecule has 2 aliphatic heterocycles. The number of ether oxygens (including phenoxy) is 1. The summed E-state index contributed by atoms with van der Waals surface area (Å²) in [6.07, 6.45) is 2.78. The molecule has 0 amide bonds. The van der Waals surface area contributed by atoms with E-state index in [1.54, 1.807) is 0 Å². The minimum atomic E-state index is -0.0487. The monoisotopic (exact) mass is 543 g/mol. The summed E-state index contributed by atoms with van der Waals surface area (Å²) < 4.78 is 5.16. The molecule has 8 heteroatoms. The van der Waals surface area contributed by atoms with Gasteiger partial charge in [0.25, 0.3) is 0 Å². The van der Waals surface area contributed by atoms with E-state index in [-0.39, 0.29) is 35.9 Å². The number of benzene rings is 1. The second kappa shape index (κ2) is 13.8. The molecule has 0 spiro atoms. The van der Waals surface area contributed by atoms with Crippen LogP contribution in [0.2, 0.25) is 0 Å². The number of nitrogens with zero attached hydrogens (tertiary/aromatic N) is 4. The highest BCUT2D eigenvalue weighted by Gasteiger charge is 2.27. The predicted molar refractivity (Wildman–Crippen MR) is 137 cm³/mol. The normalized spacial score (nSPS) is 18.5. The Morgan fingerprint density at radius 1 is 1.10 bits per heavy atom. The average molecular weight is 543 g/mol. The first-order valence-electron chi connectivity index (χ1n) is 11.4. The fraction of sp³-hybridized carbons (Fsp3) is 0.652. The number of guanidine groups is 1. The number of likely N-dealkylation sites (tertiary alicyclic amines) is 1. The van der Waals surface area contributed by atoms with Gasteiger partial charge in [-0.15, -0.1) is 24.0 Å². The summed E-state index contributed by atoms with van der Waals surface area (Å²) in [7, 11) is 1.84. The Kier molecular flexibility index (Phi) is 11.4. The number of nitrogens with one attached hydrogen (secondary N) is 1. The number of esters is 1. The molecule has 31 heavy (non-hydrogen) atoms. The summed E-state index contributed by atoms with van der Waals surface area (Å²) in [4.78, 5) is 23.6. The van der Waals surface area contributed by atoms with Crippen molar-refractivity contribution in [3.63, 3.8) is 0 Å². The summed E-state index contributed by atoms with van der Waals surface area (Å²) in [6, 6.07) is 10.7. The second-order valence-electron chi connectivity index (χ2n) is 8.01. The lowest BCUT2D eigenvalue weighted by molar-refractivity contribution is -0.149. The van der Waals surface area contributed by atoms with Gasteiger partial charge in [0.1, 0.15) is 0 Å². The van der Waals surface area contributed by atoms with E-state index in [9.17, 15) is 4.79 Å². The Bertz CT molecular complexity index is 672. The molecule has 0 bridgehead atoms. The van der Waals surface area contributed by atoms with Crippen molar-refractivity contribution < 1.29 is 9.53 Å². The predicted octanol–water partition coefficient (Wildman–Crippen LogP) is 2.67. The van der Waals surface area contributed by atoms with Crippen molar-refractivity contribution in [3.8, 4) is 0 Å². The fourth-order valence-corrected chi connectivity index (χ4v) is 4.29. The minimum absolute atomic E-state index is 0. The van der Waals surface area contributed by atoms with Crippen LogP contribution in [-0.2, 0) is 9.53 Å². The van der Waals surface area contributed by atoms with Crippen molar-refractivity contribution >= 4 is 41.6 Å². The van der Waals surface area contributed by atoms with Gasteiger partial charge in [-0.25, -0.2) is 0 Å². The van der Waals surface area contributed by atoms with Crippen molar-refractivity contribution in [1.82, 2.24) is 15.1 Å². The van der Waals surface area contributed by atoms with Crippen LogP contribution in [0.15, 0.2) is 35.3 Å². The van der Waals surface area contributed by atoms with E-state index in [2.05, 4.69) is 55.3 Å². The maximum absolute atomic E-state index is 11.9. The summed E-state index contributed by atoms with van der Waals surface area (Å²) in [5.41, 5.74) is 1.33. The first-order chi connectivity index (χ1) is 14.7. The number of para-hydroxylation sites is 1. The topological polar surface area (TPSA) is 60.4 Å². The highest BCUT2D eigenvalue weighted by molar-refractivity contribution is 14.0. The molecule has 0 atom stereocenters. The third kappa shape index (κ3) is 7.82. The van der Waals surface area contributed by atoms with Crippen LogP contribution in [0.4, 0.5) is 5.69 Å². The van der Waals surface area contributed by atoms with Crippen LogP contribution >= 0.6 is 24.0 Å². The van der Waals surface area contributed by atoms with E-state index in [0.29, 0.717) is 6.61 Å². The lowest BCUT2D eigenvalue weighted by atomic mass is 9.97. The van der Waals surface area contributed by atoms with Crippen molar-refractivity contribution in [2.45, 2.75) is 26.2 Å². The molecule has 2 saturated heterocycles. The van der Waals surface area contributed by atoms with Gasteiger partial charge in [0.05, 0.1) is 12.5 Å². The SMILES string of the molecule is CCOC(=O)C1CCN(C(=NC)NCCCN2CCN(c3ccccc3)CC2)CC1.I. The van der Waals surface area contributed by atoms with E-state index in [0.717, 1.165) is 77.6 Å². The van der Waals surface area contributed by atoms with Gasteiger partial charge in [-0.2, -0.15) is 0 Å². The number of halogens is 1. The van der Waals surface area contributed by atoms with Gasteiger partial charge in [0.15, 0.2) is 5.96 Å². The molecule has 3 rings (SSSR count). The van der Waals surface area contributed by atoms with Crippen LogP contribution < -0.4 is 10.2 Å². The quantitative estimate of drug-likeness (QED) is 0.188. The van der Waals surface area contributed by atoms with Crippen LogP contribution in [0.5, 0.6) is 0 Å². The van der Waals surface area contributed by atoms with E-state index < -0.39 is 0 Å². The van der Waals surface area contributed by atoms with E-state index in [4.69, 9.17) is 4.74 Å². The number of carbonyl (C=O) groups is 1. The Hall–Kier alpha value is -1.55. The third-order valence-electron chi connectivity index (χ3n) is 6.05. The first kappa shape index (κ1) is 25.7. The Balaban J connectivity index is 0.00000341. The standard InChI is InChI=1S/C23H37N5O2.HI/c1-3-30-22(29)20-10-14-28(15-11-20)23(24-2)25-12-7-13-26-16-18-27(19-17-26)21-8-5-4-6-9-21;/h4-6,8-9,20H,3,7,10-19H2,1-2H3,(H,24,25);1H. The number of hydrogen-bond donors (Lipinski definition) is 1. The zero-order valence-electron chi connectivity index (χ0n) is 19.0. The van der Waals surface area contributed by atoms with Crippen molar-refractivity contribution in [1.29, 1.82) is 0 Å². The number of piperidine rings is 1. The number of rotatable bonds is 7. The lowest BCUT2D eigenvalue weighted by Crippen LogP contribution is -2.48. The molecule has 7 nitrogen and oxygen atoms in total. The average Bonchev–Trinajstić information content (AvgIpc) is 2.80.